The molecule has 0 radical (unpaired) electrons. The molecule has 4 aromatic rings. The largest absolute Gasteiger partial charge is 0.406 e. The van der Waals surface area contributed by atoms with Crippen LogP contribution in [0.4, 0.5) is 19.0 Å². The molecule has 4 rings (SSSR count). The third kappa shape index (κ3) is 3.97. The number of hydrogen-bond acceptors (Lipinski definition) is 4. The summed E-state index contributed by atoms with van der Waals surface area (Å²) in [5.41, 5.74) is -0.381. The maximum Gasteiger partial charge on any atom is 0.406 e. The van der Waals surface area contributed by atoms with E-state index in [1.165, 1.54) is 30.5 Å². The number of aromatic amines is 2. The number of alkyl halides is 3. The lowest BCUT2D eigenvalue weighted by molar-refractivity contribution is -0.140. The van der Waals surface area contributed by atoms with Gasteiger partial charge in [-0.3, -0.25) is 14.2 Å². The number of halogens is 4. The number of carbonyl (C=O) groups is 2. The number of aromatic nitrogens is 3. The van der Waals surface area contributed by atoms with E-state index in [-0.39, 0.29) is 27.8 Å². The fourth-order valence-electron chi connectivity index (χ4n) is 3.25. The van der Waals surface area contributed by atoms with Gasteiger partial charge in [-0.05, 0) is 40.2 Å². The minimum Gasteiger partial charge on any atom is -0.355 e. The van der Waals surface area contributed by atoms with Crippen LogP contribution in [0.3, 0.4) is 0 Å². The lowest BCUT2D eigenvalue weighted by atomic mass is 10.1. The SMILES string of the molecule is CNC(=O)c1c(NC(=O)c2ccc(Br)s2)[nH]c2cc3[nH]c(=O)n(CC(F)(F)F)c3cc12. The number of fused-ring (bicyclic) bond motifs is 2. The van der Waals surface area contributed by atoms with Gasteiger partial charge in [0, 0.05) is 12.4 Å². The topological polar surface area (TPSA) is 112 Å². The summed E-state index contributed by atoms with van der Waals surface area (Å²) in [6.07, 6.45) is -4.61. The normalized spacial score (nSPS) is 11.9. The molecule has 1 aromatic carbocycles. The van der Waals surface area contributed by atoms with Gasteiger partial charge < -0.3 is 20.6 Å². The van der Waals surface area contributed by atoms with E-state index < -0.39 is 30.2 Å². The van der Waals surface area contributed by atoms with E-state index in [0.717, 1.165) is 3.79 Å². The second-order valence-electron chi connectivity index (χ2n) is 6.56. The van der Waals surface area contributed by atoms with Crippen molar-refractivity contribution in [2.45, 2.75) is 12.7 Å². The molecule has 3 aromatic heterocycles. The summed E-state index contributed by atoms with van der Waals surface area (Å²) in [6.45, 7) is -1.48. The number of amides is 2. The molecule has 0 aliphatic carbocycles. The number of benzene rings is 1. The van der Waals surface area contributed by atoms with E-state index in [1.807, 2.05) is 0 Å². The minimum atomic E-state index is -4.61. The summed E-state index contributed by atoms with van der Waals surface area (Å²) in [7, 11) is 1.39. The fourth-order valence-corrected chi connectivity index (χ4v) is 4.53. The fraction of sp³-hybridized carbons (Fsp3) is 0.167. The van der Waals surface area contributed by atoms with Gasteiger partial charge in [-0.2, -0.15) is 13.2 Å². The van der Waals surface area contributed by atoms with E-state index in [9.17, 15) is 27.6 Å². The second-order valence-corrected chi connectivity index (χ2v) is 9.02. The van der Waals surface area contributed by atoms with Crippen molar-refractivity contribution < 1.29 is 22.8 Å². The Bertz CT molecular complexity index is 1400. The van der Waals surface area contributed by atoms with Crippen LogP contribution in [0.1, 0.15) is 20.0 Å². The van der Waals surface area contributed by atoms with Crippen molar-refractivity contribution >= 4 is 66.8 Å². The highest BCUT2D eigenvalue weighted by atomic mass is 79.9. The predicted octanol–water partition coefficient (Wildman–Crippen LogP) is 3.81. The summed E-state index contributed by atoms with van der Waals surface area (Å²) in [6, 6.07) is 6.04. The van der Waals surface area contributed by atoms with Crippen LogP contribution in [0.15, 0.2) is 32.8 Å². The first kappa shape index (κ1) is 21.2. The number of rotatable bonds is 4. The van der Waals surface area contributed by atoms with Crippen LogP contribution in [-0.4, -0.2) is 39.6 Å². The van der Waals surface area contributed by atoms with E-state index in [1.54, 1.807) is 12.1 Å². The van der Waals surface area contributed by atoms with Crippen molar-refractivity contribution in [2.75, 3.05) is 12.4 Å². The van der Waals surface area contributed by atoms with Gasteiger partial charge in [-0.1, -0.05) is 0 Å². The Morgan fingerprint density at radius 3 is 2.52 bits per heavy atom. The average Bonchev–Trinajstić information content (AvgIpc) is 3.34. The maximum atomic E-state index is 12.9. The second kappa shape index (κ2) is 7.57. The molecule has 0 bridgehead atoms. The first-order chi connectivity index (χ1) is 14.6. The average molecular weight is 516 g/mol. The molecule has 0 atom stereocenters. The van der Waals surface area contributed by atoms with Crippen molar-refractivity contribution in [3.05, 3.63) is 49.0 Å². The molecule has 4 N–H and O–H groups in total. The van der Waals surface area contributed by atoms with Crippen molar-refractivity contribution in [3.8, 4) is 0 Å². The highest BCUT2D eigenvalue weighted by Gasteiger charge is 2.30. The van der Waals surface area contributed by atoms with Gasteiger partial charge in [-0.15, -0.1) is 11.3 Å². The molecule has 0 saturated heterocycles. The maximum absolute atomic E-state index is 12.9. The summed E-state index contributed by atoms with van der Waals surface area (Å²) < 4.78 is 40.1. The molecule has 0 aliphatic rings. The standard InChI is InChI=1S/C18H13BrF3N5O3S/c1-23-16(29)13-7-4-10-9(25-17(30)27(10)6-18(20,21)22)5-8(7)24-14(13)26-15(28)11-2-3-12(19)31-11/h2-5,24H,6H2,1H3,(H,23,29)(H,25,30)(H,26,28). The van der Waals surface area contributed by atoms with Crippen LogP contribution in [-0.2, 0) is 6.54 Å². The van der Waals surface area contributed by atoms with E-state index >= 15 is 0 Å². The first-order valence-electron chi connectivity index (χ1n) is 8.71. The Labute approximate surface area is 183 Å². The molecule has 3 heterocycles. The van der Waals surface area contributed by atoms with Gasteiger partial charge in [-0.25, -0.2) is 4.79 Å². The van der Waals surface area contributed by atoms with E-state index in [2.05, 4.69) is 36.5 Å². The highest BCUT2D eigenvalue weighted by Crippen LogP contribution is 2.31. The molecule has 0 fully saturated rings. The molecule has 13 heteroatoms. The molecule has 0 unspecified atom stereocenters. The number of H-pyrrole nitrogens is 2. The Kier molecular flexibility index (Phi) is 5.17. The zero-order valence-corrected chi connectivity index (χ0v) is 18.0. The van der Waals surface area contributed by atoms with Crippen LogP contribution in [0, 0.1) is 0 Å². The minimum absolute atomic E-state index is 0.0148. The Balaban J connectivity index is 1.87. The zero-order chi connectivity index (χ0) is 22.5. The van der Waals surface area contributed by atoms with Gasteiger partial charge in [0.05, 0.1) is 30.8 Å². The summed E-state index contributed by atoms with van der Waals surface area (Å²) >= 11 is 4.47. The van der Waals surface area contributed by atoms with Crippen LogP contribution >= 0.6 is 27.3 Å². The van der Waals surface area contributed by atoms with Crippen LogP contribution in [0.5, 0.6) is 0 Å². The van der Waals surface area contributed by atoms with Gasteiger partial charge in [0.1, 0.15) is 12.4 Å². The molecular formula is C18H13BrF3N5O3S. The third-order valence-corrected chi connectivity index (χ3v) is 6.14. The zero-order valence-electron chi connectivity index (χ0n) is 15.6. The monoisotopic (exact) mass is 515 g/mol. The number of nitrogens with zero attached hydrogens (tertiary/aromatic N) is 1. The number of hydrogen-bond donors (Lipinski definition) is 4. The first-order valence-corrected chi connectivity index (χ1v) is 10.3. The molecule has 162 valence electrons. The quantitative estimate of drug-likeness (QED) is 0.331. The van der Waals surface area contributed by atoms with E-state index in [4.69, 9.17) is 0 Å². The number of nitrogens with one attached hydrogen (secondary N) is 4. The molecule has 0 spiro atoms. The smallest absolute Gasteiger partial charge is 0.355 e. The lowest BCUT2D eigenvalue weighted by Crippen LogP contribution is -2.26. The van der Waals surface area contributed by atoms with Gasteiger partial charge in [0.15, 0.2) is 0 Å². The highest BCUT2D eigenvalue weighted by molar-refractivity contribution is 9.11. The van der Waals surface area contributed by atoms with Crippen molar-refractivity contribution in [1.82, 2.24) is 19.9 Å². The van der Waals surface area contributed by atoms with Gasteiger partial charge in [0.2, 0.25) is 0 Å². The number of imidazole rings is 1. The van der Waals surface area contributed by atoms with Crippen molar-refractivity contribution in [3.63, 3.8) is 0 Å². The Hall–Kier alpha value is -3.06. The number of thiophene rings is 1. The number of anilines is 1. The summed E-state index contributed by atoms with van der Waals surface area (Å²) in [5.74, 6) is -0.943. The predicted molar refractivity (Wildman–Crippen MR) is 114 cm³/mol. The van der Waals surface area contributed by atoms with Crippen LogP contribution in [0.25, 0.3) is 21.9 Å². The van der Waals surface area contributed by atoms with E-state index in [0.29, 0.717) is 15.0 Å². The Morgan fingerprint density at radius 1 is 1.16 bits per heavy atom. The van der Waals surface area contributed by atoms with Crippen LogP contribution in [0.2, 0.25) is 0 Å². The summed E-state index contributed by atoms with van der Waals surface area (Å²) in [5, 5.41) is 5.34. The molecule has 2 amide bonds. The molecule has 8 nitrogen and oxygen atoms in total. The molecule has 31 heavy (non-hydrogen) atoms. The molecular weight excluding hydrogens is 503 g/mol. The molecule has 0 saturated carbocycles. The van der Waals surface area contributed by atoms with Gasteiger partial charge in [0.25, 0.3) is 11.8 Å². The summed E-state index contributed by atoms with van der Waals surface area (Å²) in [4.78, 5) is 42.8. The molecule has 0 aliphatic heterocycles. The number of carbonyl (C=O) groups excluding carboxylic acids is 2. The lowest BCUT2D eigenvalue weighted by Gasteiger charge is -2.07. The van der Waals surface area contributed by atoms with Crippen molar-refractivity contribution in [1.29, 1.82) is 0 Å². The Morgan fingerprint density at radius 2 is 1.90 bits per heavy atom. The third-order valence-electron chi connectivity index (χ3n) is 4.52. The van der Waals surface area contributed by atoms with Gasteiger partial charge >= 0.3 is 11.9 Å². The van der Waals surface area contributed by atoms with Crippen molar-refractivity contribution in [2.24, 2.45) is 0 Å². The van der Waals surface area contributed by atoms with Crippen LogP contribution < -0.4 is 16.3 Å².